The second kappa shape index (κ2) is 10.2. The number of amides is 2. The van der Waals surface area contributed by atoms with Gasteiger partial charge in [-0.1, -0.05) is 0 Å². The molecule has 8 nitrogen and oxygen atoms in total. The predicted molar refractivity (Wildman–Crippen MR) is 139 cm³/mol. The summed E-state index contributed by atoms with van der Waals surface area (Å²) in [5, 5.41) is 5.22. The number of anilines is 2. The zero-order valence-electron chi connectivity index (χ0n) is 20.5. The molecule has 1 unspecified atom stereocenters. The molecule has 11 heteroatoms. The van der Waals surface area contributed by atoms with Crippen molar-refractivity contribution in [3.63, 3.8) is 0 Å². The third kappa shape index (κ3) is 5.11. The van der Waals surface area contributed by atoms with E-state index in [1.165, 1.54) is 7.05 Å². The number of carbonyl (C=O) groups is 1. The van der Waals surface area contributed by atoms with E-state index >= 15 is 0 Å². The number of rotatable bonds is 6. The summed E-state index contributed by atoms with van der Waals surface area (Å²) in [6.07, 6.45) is 1.18. The monoisotopic (exact) mass is 528 g/mol. The minimum Gasteiger partial charge on any atom is -0.377 e. The topological polar surface area (TPSA) is 99.6 Å². The Morgan fingerprint density at radius 2 is 1.92 bits per heavy atom. The summed E-state index contributed by atoms with van der Waals surface area (Å²) in [6.45, 7) is 3.80. The van der Waals surface area contributed by atoms with Crippen LogP contribution in [0.3, 0.4) is 0 Å². The number of halogens is 2. The first-order valence-electron chi connectivity index (χ1n) is 12.0. The maximum absolute atomic E-state index is 14.6. The van der Waals surface area contributed by atoms with Crippen LogP contribution in [0.4, 0.5) is 25.1 Å². The summed E-state index contributed by atoms with van der Waals surface area (Å²) in [7, 11) is 1.54. The van der Waals surface area contributed by atoms with Crippen LogP contribution in [-0.2, 0) is 20.7 Å². The van der Waals surface area contributed by atoms with Crippen LogP contribution in [0.15, 0.2) is 53.4 Å². The van der Waals surface area contributed by atoms with Crippen LogP contribution in [0.5, 0.6) is 0 Å². The molecule has 3 aromatic rings. The van der Waals surface area contributed by atoms with Gasteiger partial charge in [0.1, 0.15) is 17.3 Å². The van der Waals surface area contributed by atoms with E-state index < -0.39 is 27.6 Å². The van der Waals surface area contributed by atoms with Crippen LogP contribution in [0, 0.1) is 11.6 Å². The first-order valence-corrected chi connectivity index (χ1v) is 13.2. The highest BCUT2D eigenvalue weighted by Gasteiger charge is 2.64. The Labute approximate surface area is 216 Å². The molecule has 1 saturated carbocycles. The van der Waals surface area contributed by atoms with E-state index in [0.29, 0.717) is 55.6 Å². The molecule has 1 aliphatic heterocycles. The molecule has 0 spiro atoms. The smallest absolute Gasteiger partial charge is 0.318 e. The van der Waals surface area contributed by atoms with Crippen molar-refractivity contribution in [2.75, 3.05) is 37.0 Å². The van der Waals surface area contributed by atoms with Crippen molar-refractivity contribution < 1.29 is 22.9 Å². The number of morpholine rings is 1. The third-order valence-electron chi connectivity index (χ3n) is 6.65. The van der Waals surface area contributed by atoms with Crippen LogP contribution in [0.1, 0.15) is 25.5 Å². The lowest BCUT2D eigenvalue weighted by Gasteiger charge is -2.34. The van der Waals surface area contributed by atoms with E-state index in [1.54, 1.807) is 24.3 Å². The number of carbonyl (C=O) groups excluding carboxylic acids is 1. The van der Waals surface area contributed by atoms with Crippen molar-refractivity contribution in [2.45, 2.75) is 35.4 Å². The Balaban J connectivity index is 1.56. The fraction of sp³-hybridized carbons (Fsp3) is 0.346. The van der Waals surface area contributed by atoms with Crippen molar-refractivity contribution in [2.24, 2.45) is 0 Å². The summed E-state index contributed by atoms with van der Waals surface area (Å²) in [4.78, 5) is 23.4. The Hall–Kier alpha value is -3.28. The number of aromatic nitrogens is 2. The summed E-state index contributed by atoms with van der Waals surface area (Å²) >= 11 is -1.61. The molecule has 2 aromatic carbocycles. The van der Waals surface area contributed by atoms with Gasteiger partial charge in [0, 0.05) is 49.8 Å². The number of nitrogens with zero attached hydrogens (tertiary/aromatic N) is 3. The summed E-state index contributed by atoms with van der Waals surface area (Å²) in [5.41, 5.74) is 1.92. The lowest BCUT2D eigenvalue weighted by molar-refractivity contribution is 0.0985. The molecule has 3 N–H and O–H groups in total. The lowest BCUT2D eigenvalue weighted by atomic mass is 10.1. The van der Waals surface area contributed by atoms with Crippen molar-refractivity contribution in [3.8, 4) is 11.4 Å². The van der Waals surface area contributed by atoms with Crippen LogP contribution in [0.25, 0.3) is 11.4 Å². The van der Waals surface area contributed by atoms with E-state index in [0.717, 1.165) is 23.8 Å². The number of hydrogen-bond acceptors (Lipinski definition) is 6. The highest BCUT2D eigenvalue weighted by atomic mass is 32.2. The zero-order valence-corrected chi connectivity index (χ0v) is 21.3. The minimum absolute atomic E-state index is 0.0522. The molecule has 194 valence electrons. The van der Waals surface area contributed by atoms with E-state index in [2.05, 4.69) is 15.5 Å². The van der Waals surface area contributed by atoms with E-state index in [9.17, 15) is 18.1 Å². The largest absolute Gasteiger partial charge is 0.377 e. The van der Waals surface area contributed by atoms with E-state index in [1.807, 2.05) is 13.0 Å². The van der Waals surface area contributed by atoms with Crippen molar-refractivity contribution in [1.82, 2.24) is 15.3 Å². The van der Waals surface area contributed by atoms with Crippen molar-refractivity contribution >= 4 is 28.7 Å². The first kappa shape index (κ1) is 25.4. The number of urea groups is 1. The highest BCUT2D eigenvalue weighted by Crippen LogP contribution is 2.55. The van der Waals surface area contributed by atoms with Crippen LogP contribution in [-0.4, -0.2) is 53.4 Å². The molecule has 2 fully saturated rings. The van der Waals surface area contributed by atoms with Gasteiger partial charge in [0.2, 0.25) is 9.64 Å². The first-order chi connectivity index (χ1) is 17.8. The van der Waals surface area contributed by atoms with Gasteiger partial charge < -0.3 is 20.3 Å². The predicted octanol–water partition coefficient (Wildman–Crippen LogP) is 4.54. The number of nitrogens with one attached hydrogen (secondary N) is 2. The van der Waals surface area contributed by atoms with E-state index in [-0.39, 0.29) is 17.0 Å². The highest BCUT2D eigenvalue weighted by molar-refractivity contribution is 7.92. The number of benzene rings is 2. The normalized spacial score (nSPS) is 19.3. The zero-order chi connectivity index (χ0) is 26.2. The molecule has 1 aliphatic carbocycles. The summed E-state index contributed by atoms with van der Waals surface area (Å²) in [5.74, 6) is -0.114. The van der Waals surface area contributed by atoms with Gasteiger partial charge in [-0.05, 0) is 43.3 Å². The van der Waals surface area contributed by atoms with Gasteiger partial charge in [-0.2, -0.15) is 4.55 Å². The molecule has 0 radical (unpaired) electrons. The molecule has 1 aromatic heterocycles. The molecule has 5 rings (SSSR count). The fourth-order valence-electron chi connectivity index (χ4n) is 4.41. The molecule has 37 heavy (non-hydrogen) atoms. The van der Waals surface area contributed by atoms with Gasteiger partial charge in [0.05, 0.1) is 19.3 Å². The molecule has 2 heterocycles. The molecule has 2 amide bonds. The molecule has 0 bridgehead atoms. The van der Waals surface area contributed by atoms with Gasteiger partial charge >= 0.3 is 6.03 Å². The lowest BCUT2D eigenvalue weighted by Crippen LogP contribution is -2.44. The second-order valence-corrected chi connectivity index (χ2v) is 11.0. The molecule has 1 saturated heterocycles. The maximum atomic E-state index is 14.6. The van der Waals surface area contributed by atoms with E-state index in [4.69, 9.17) is 14.7 Å². The Kier molecular flexibility index (Phi) is 7.02. The van der Waals surface area contributed by atoms with Gasteiger partial charge in [0.25, 0.3) is 0 Å². The Bertz CT molecular complexity index is 1310. The Morgan fingerprint density at radius 1 is 1.16 bits per heavy atom. The van der Waals surface area contributed by atoms with Crippen LogP contribution >= 0.6 is 0 Å². The molecular weight excluding hydrogens is 500 g/mol. The molecule has 2 atom stereocenters. The van der Waals surface area contributed by atoms with Crippen LogP contribution in [0.2, 0.25) is 0 Å². The average Bonchev–Trinajstić information content (AvgIpc) is 3.72. The quantitative estimate of drug-likeness (QED) is 0.407. The average molecular weight is 529 g/mol. The Morgan fingerprint density at radius 3 is 2.59 bits per heavy atom. The summed E-state index contributed by atoms with van der Waals surface area (Å²) in [6, 6.07) is 11.9. The minimum atomic E-state index is -1.61. The fourth-order valence-corrected chi connectivity index (χ4v) is 6.10. The van der Waals surface area contributed by atoms with Gasteiger partial charge in [-0.15, -0.1) is 0 Å². The SMILES string of the molecule is CNC(=O)Nc1ccc(-c2nc(N3CCOC[C@@H]3C)cc(C3([S+](O)c4cc(F)ccc4F)CC3)n2)cc1. The van der Waals surface area contributed by atoms with Gasteiger partial charge in [0.15, 0.2) is 22.8 Å². The van der Waals surface area contributed by atoms with Gasteiger partial charge in [-0.25, -0.2) is 23.5 Å². The van der Waals surface area contributed by atoms with Crippen molar-refractivity contribution in [1.29, 1.82) is 0 Å². The third-order valence-corrected chi connectivity index (χ3v) is 8.73. The summed E-state index contributed by atoms with van der Waals surface area (Å²) < 4.78 is 44.6. The number of ether oxygens (including phenoxy) is 1. The van der Waals surface area contributed by atoms with Crippen LogP contribution < -0.4 is 15.5 Å². The standard InChI is InChI=1S/C26H27F2N5O3S/c1-16-15-36-12-11-33(16)23-14-22(26(9-10-26)37(35)21-13-18(27)5-8-20(21)28)31-24(32-23)17-3-6-19(7-4-17)30-25(34)29-2/h3-8,13-14,16,35H,9-12,15H2,1-2H3,(H-,29,30,31,32,34)/p+1/t16-,37?/m0/s1. The van der Waals surface area contributed by atoms with Gasteiger partial charge in [-0.3, -0.25) is 0 Å². The molecule has 2 aliphatic rings. The second-order valence-electron chi connectivity index (χ2n) is 9.19. The molecular formula is C26H28F2N5O3S+. The number of hydrogen-bond donors (Lipinski definition) is 3. The van der Waals surface area contributed by atoms with Crippen molar-refractivity contribution in [3.05, 3.63) is 65.9 Å². The maximum Gasteiger partial charge on any atom is 0.318 e.